The number of imidazole rings is 1. The first-order valence-corrected chi connectivity index (χ1v) is 6.14. The summed E-state index contributed by atoms with van der Waals surface area (Å²) in [5.74, 6) is 0.828. The van der Waals surface area contributed by atoms with Crippen molar-refractivity contribution in [3.8, 4) is 5.88 Å². The van der Waals surface area contributed by atoms with Gasteiger partial charge in [0.05, 0.1) is 13.3 Å². The number of anilines is 1. The van der Waals surface area contributed by atoms with Gasteiger partial charge in [0.25, 0.3) is 0 Å². The van der Waals surface area contributed by atoms with Crippen molar-refractivity contribution >= 4 is 17.1 Å². The largest absolute Gasteiger partial charge is 0.479 e. The molecule has 3 aromatic heterocycles. The van der Waals surface area contributed by atoms with E-state index in [2.05, 4.69) is 25.3 Å². The van der Waals surface area contributed by atoms with Gasteiger partial charge in [-0.25, -0.2) is 9.97 Å². The van der Waals surface area contributed by atoms with Gasteiger partial charge in [0.1, 0.15) is 6.33 Å². The Morgan fingerprint density at radius 3 is 2.95 bits per heavy atom. The van der Waals surface area contributed by atoms with Crippen LogP contribution in [0, 0.1) is 0 Å². The Bertz CT molecular complexity index is 705. The predicted octanol–water partition coefficient (Wildman–Crippen LogP) is 0.0989. The summed E-state index contributed by atoms with van der Waals surface area (Å²) in [5, 5.41) is 7.67. The van der Waals surface area contributed by atoms with E-state index in [1.54, 1.807) is 18.0 Å². The molecule has 104 valence electrons. The molecule has 9 nitrogen and oxygen atoms in total. The monoisotopic (exact) mass is 274 g/mol. The van der Waals surface area contributed by atoms with Gasteiger partial charge in [-0.1, -0.05) is 5.21 Å². The summed E-state index contributed by atoms with van der Waals surface area (Å²) in [6, 6.07) is 0. The number of nitrogens with two attached hydrogens (primary N) is 1. The lowest BCUT2D eigenvalue weighted by Gasteiger charge is -2.05. The summed E-state index contributed by atoms with van der Waals surface area (Å²) in [6.45, 7) is 1.43. The third-order valence-corrected chi connectivity index (χ3v) is 2.96. The Morgan fingerprint density at radius 2 is 2.20 bits per heavy atom. The van der Waals surface area contributed by atoms with E-state index in [9.17, 15) is 0 Å². The minimum Gasteiger partial charge on any atom is -0.479 e. The topological polar surface area (TPSA) is 110 Å². The third-order valence-electron chi connectivity index (χ3n) is 2.96. The van der Waals surface area contributed by atoms with Crippen molar-refractivity contribution in [1.29, 1.82) is 0 Å². The van der Waals surface area contributed by atoms with Crippen molar-refractivity contribution < 1.29 is 4.74 Å². The van der Waals surface area contributed by atoms with Crippen LogP contribution >= 0.6 is 0 Å². The van der Waals surface area contributed by atoms with Crippen LogP contribution in [0.3, 0.4) is 0 Å². The Balaban J connectivity index is 1.82. The smallest absolute Gasteiger partial charge is 0.245 e. The molecule has 0 saturated heterocycles. The highest BCUT2D eigenvalue weighted by Gasteiger charge is 2.14. The van der Waals surface area contributed by atoms with Crippen LogP contribution < -0.4 is 10.5 Å². The van der Waals surface area contributed by atoms with Crippen molar-refractivity contribution in [3.05, 3.63) is 18.7 Å². The van der Waals surface area contributed by atoms with E-state index in [0.717, 1.165) is 13.0 Å². The van der Waals surface area contributed by atoms with Crippen molar-refractivity contribution in [2.45, 2.75) is 19.5 Å². The Hall–Kier alpha value is -2.71. The molecular weight excluding hydrogens is 260 g/mol. The minimum atomic E-state index is 0.400. The van der Waals surface area contributed by atoms with Crippen LogP contribution in [0.2, 0.25) is 0 Å². The van der Waals surface area contributed by atoms with Crippen LogP contribution in [0.4, 0.5) is 5.95 Å². The molecule has 3 rings (SSSR count). The maximum Gasteiger partial charge on any atom is 0.245 e. The Morgan fingerprint density at radius 1 is 1.30 bits per heavy atom. The summed E-state index contributed by atoms with van der Waals surface area (Å²) in [6.07, 6.45) is 5.75. The molecule has 0 unspecified atom stereocenters. The fraction of sp³-hybridized carbons (Fsp3) is 0.364. The van der Waals surface area contributed by atoms with E-state index in [0.29, 0.717) is 29.5 Å². The number of rotatable bonds is 5. The van der Waals surface area contributed by atoms with Crippen LogP contribution in [-0.2, 0) is 13.1 Å². The number of fused-ring (bicyclic) bond motifs is 1. The fourth-order valence-corrected chi connectivity index (χ4v) is 2.05. The standard InChI is InChI=1S/C11H14N8O/c1-20-10-8-9(13-7-14-10)19(11(12)16-8)5-2-4-18-6-3-15-17-18/h3,6-7H,2,4-5H2,1H3,(H2,12,16). The maximum atomic E-state index is 5.93. The molecule has 9 heteroatoms. The molecule has 0 atom stereocenters. The first-order valence-electron chi connectivity index (χ1n) is 6.14. The van der Waals surface area contributed by atoms with Gasteiger partial charge in [-0.2, -0.15) is 4.98 Å². The lowest BCUT2D eigenvalue weighted by atomic mass is 10.4. The normalized spacial score (nSPS) is 11.1. The van der Waals surface area contributed by atoms with Gasteiger partial charge in [-0.15, -0.1) is 5.10 Å². The van der Waals surface area contributed by atoms with Crippen LogP contribution in [0.1, 0.15) is 6.42 Å². The van der Waals surface area contributed by atoms with Gasteiger partial charge >= 0.3 is 0 Å². The molecule has 0 spiro atoms. The molecule has 0 saturated carbocycles. The SMILES string of the molecule is COc1ncnc2c1nc(N)n2CCCn1ccnn1. The lowest BCUT2D eigenvalue weighted by molar-refractivity contribution is 0.401. The number of nitrogen functional groups attached to an aromatic ring is 1. The molecule has 0 radical (unpaired) electrons. The summed E-state index contributed by atoms with van der Waals surface area (Å²) in [5.41, 5.74) is 7.18. The molecular formula is C11H14N8O. The zero-order chi connectivity index (χ0) is 13.9. The Labute approximate surface area is 114 Å². The number of ether oxygens (including phenoxy) is 1. The summed E-state index contributed by atoms with van der Waals surface area (Å²) in [4.78, 5) is 12.5. The fourth-order valence-electron chi connectivity index (χ4n) is 2.05. The minimum absolute atomic E-state index is 0.400. The van der Waals surface area contributed by atoms with Crippen LogP contribution in [0.15, 0.2) is 18.7 Å². The number of nitrogens with zero attached hydrogens (tertiary/aromatic N) is 7. The van der Waals surface area contributed by atoms with E-state index in [4.69, 9.17) is 10.5 Å². The molecule has 0 aliphatic carbocycles. The quantitative estimate of drug-likeness (QED) is 0.702. The van der Waals surface area contributed by atoms with E-state index < -0.39 is 0 Å². The van der Waals surface area contributed by atoms with E-state index in [1.807, 2.05) is 10.8 Å². The first kappa shape index (κ1) is 12.3. The van der Waals surface area contributed by atoms with Crippen molar-refractivity contribution in [2.24, 2.45) is 0 Å². The van der Waals surface area contributed by atoms with Crippen molar-refractivity contribution in [1.82, 2.24) is 34.5 Å². The average Bonchev–Trinajstić information content (AvgIpc) is 3.07. The highest BCUT2D eigenvalue weighted by molar-refractivity contribution is 5.78. The second-order valence-corrected chi connectivity index (χ2v) is 4.20. The number of hydrogen-bond acceptors (Lipinski definition) is 7. The van der Waals surface area contributed by atoms with Crippen molar-refractivity contribution in [3.63, 3.8) is 0 Å². The van der Waals surface area contributed by atoms with Gasteiger partial charge in [0, 0.05) is 19.3 Å². The van der Waals surface area contributed by atoms with Crippen molar-refractivity contribution in [2.75, 3.05) is 12.8 Å². The van der Waals surface area contributed by atoms with Gasteiger partial charge in [0.2, 0.25) is 11.8 Å². The number of methoxy groups -OCH3 is 1. The van der Waals surface area contributed by atoms with E-state index in [-0.39, 0.29) is 0 Å². The molecule has 0 aliphatic rings. The van der Waals surface area contributed by atoms with Gasteiger partial charge in [0.15, 0.2) is 11.2 Å². The molecule has 0 fully saturated rings. The molecule has 0 aliphatic heterocycles. The number of aromatic nitrogens is 7. The number of hydrogen-bond donors (Lipinski definition) is 1. The van der Waals surface area contributed by atoms with E-state index in [1.165, 1.54) is 6.33 Å². The molecule has 0 aromatic carbocycles. The lowest BCUT2D eigenvalue weighted by Crippen LogP contribution is -2.08. The van der Waals surface area contributed by atoms with Gasteiger partial charge in [-0.3, -0.25) is 9.25 Å². The van der Waals surface area contributed by atoms with Crippen LogP contribution in [0.25, 0.3) is 11.2 Å². The molecule has 0 amide bonds. The highest BCUT2D eigenvalue weighted by atomic mass is 16.5. The molecule has 3 aromatic rings. The summed E-state index contributed by atoms with van der Waals surface area (Å²) in [7, 11) is 1.54. The van der Waals surface area contributed by atoms with E-state index >= 15 is 0 Å². The molecule has 2 N–H and O–H groups in total. The zero-order valence-electron chi connectivity index (χ0n) is 11.0. The maximum absolute atomic E-state index is 5.93. The molecule has 20 heavy (non-hydrogen) atoms. The molecule has 0 bridgehead atoms. The zero-order valence-corrected chi connectivity index (χ0v) is 11.0. The van der Waals surface area contributed by atoms with Gasteiger partial charge < -0.3 is 10.5 Å². The van der Waals surface area contributed by atoms with Crippen LogP contribution in [0.5, 0.6) is 5.88 Å². The summed E-state index contributed by atoms with van der Waals surface area (Å²) >= 11 is 0. The number of aryl methyl sites for hydroxylation is 2. The predicted molar refractivity (Wildman–Crippen MR) is 70.9 cm³/mol. The highest BCUT2D eigenvalue weighted by Crippen LogP contribution is 2.22. The third kappa shape index (κ3) is 2.13. The van der Waals surface area contributed by atoms with Gasteiger partial charge in [-0.05, 0) is 6.42 Å². The molecule has 3 heterocycles. The average molecular weight is 274 g/mol. The Kier molecular flexibility index (Phi) is 3.15. The van der Waals surface area contributed by atoms with Crippen LogP contribution in [-0.4, -0.2) is 41.6 Å². The summed E-state index contributed by atoms with van der Waals surface area (Å²) < 4.78 is 8.77. The second-order valence-electron chi connectivity index (χ2n) is 4.20. The second kappa shape index (κ2) is 5.11. The first-order chi connectivity index (χ1) is 9.79.